The van der Waals surface area contributed by atoms with Gasteiger partial charge in [0.2, 0.25) is 0 Å². The molecule has 1 saturated heterocycles. The van der Waals surface area contributed by atoms with E-state index in [4.69, 9.17) is 11.6 Å². The van der Waals surface area contributed by atoms with E-state index in [1.807, 2.05) is 19.9 Å². The Hall–Kier alpha value is -3.13. The smallest absolute Gasteiger partial charge is 0.270 e. The molecule has 1 fully saturated rings. The number of non-ortho nitro benzene ring substituents is 1. The summed E-state index contributed by atoms with van der Waals surface area (Å²) < 4.78 is 0. The van der Waals surface area contributed by atoms with Gasteiger partial charge in [-0.3, -0.25) is 19.7 Å². The molecule has 2 N–H and O–H groups in total. The fourth-order valence-electron chi connectivity index (χ4n) is 3.61. The van der Waals surface area contributed by atoms with E-state index in [0.29, 0.717) is 11.3 Å². The van der Waals surface area contributed by atoms with Crippen LogP contribution in [0.25, 0.3) is 0 Å². The van der Waals surface area contributed by atoms with Crippen LogP contribution in [0, 0.1) is 10.1 Å². The minimum Gasteiger partial charge on any atom is -0.371 e. The highest BCUT2D eigenvalue weighted by Gasteiger charge is 2.21. The minimum atomic E-state index is -0.574. The Balaban J connectivity index is 1.88. The molecule has 2 amide bonds. The monoisotopic (exact) mass is 458 g/mol. The lowest BCUT2D eigenvalue weighted by Gasteiger charge is -2.31. The summed E-state index contributed by atoms with van der Waals surface area (Å²) in [6.45, 7) is 5.71. The van der Waals surface area contributed by atoms with E-state index in [1.54, 1.807) is 12.1 Å². The van der Waals surface area contributed by atoms with Crippen LogP contribution in [0.3, 0.4) is 0 Å². The summed E-state index contributed by atoms with van der Waals surface area (Å²) >= 11 is 6.08. The molecule has 1 aliphatic rings. The van der Waals surface area contributed by atoms with Crippen molar-refractivity contribution in [1.82, 2.24) is 5.32 Å². The summed E-state index contributed by atoms with van der Waals surface area (Å²) in [5.74, 6) is -0.701. The molecule has 0 bridgehead atoms. The van der Waals surface area contributed by atoms with Gasteiger partial charge in [0.25, 0.3) is 17.5 Å². The van der Waals surface area contributed by atoms with Gasteiger partial charge in [-0.15, -0.1) is 0 Å². The van der Waals surface area contributed by atoms with Gasteiger partial charge in [0, 0.05) is 42.6 Å². The number of halogens is 1. The van der Waals surface area contributed by atoms with E-state index < -0.39 is 10.8 Å². The normalized spacial score (nSPS) is 14.5. The topological polar surface area (TPSA) is 105 Å². The van der Waals surface area contributed by atoms with E-state index in [-0.39, 0.29) is 28.2 Å². The maximum absolute atomic E-state index is 13.0. The Morgan fingerprint density at radius 2 is 1.81 bits per heavy atom. The molecule has 9 heteroatoms. The third-order valence-electron chi connectivity index (χ3n) is 5.59. The van der Waals surface area contributed by atoms with Gasteiger partial charge < -0.3 is 15.5 Å². The number of carbonyl (C=O) groups excluding carboxylic acids is 2. The van der Waals surface area contributed by atoms with Crippen molar-refractivity contribution in [3.8, 4) is 0 Å². The summed E-state index contributed by atoms with van der Waals surface area (Å²) in [6, 6.07) is 8.97. The molecule has 170 valence electrons. The van der Waals surface area contributed by atoms with Crippen molar-refractivity contribution in [3.05, 3.63) is 62.7 Å². The van der Waals surface area contributed by atoms with Crippen LogP contribution in [0.2, 0.25) is 5.02 Å². The van der Waals surface area contributed by atoms with Gasteiger partial charge in [-0.25, -0.2) is 0 Å². The summed E-state index contributed by atoms with van der Waals surface area (Å²) in [5, 5.41) is 16.6. The summed E-state index contributed by atoms with van der Waals surface area (Å²) in [7, 11) is 0. The quantitative estimate of drug-likeness (QED) is 0.447. The highest BCUT2D eigenvalue weighted by Crippen LogP contribution is 2.29. The number of nitrogens with zero attached hydrogens (tertiary/aromatic N) is 2. The maximum atomic E-state index is 13.0. The zero-order valence-corrected chi connectivity index (χ0v) is 18.9. The van der Waals surface area contributed by atoms with Crippen LogP contribution in [0.15, 0.2) is 36.4 Å². The standard InChI is InChI=1S/C23H27ClN4O4/c1-3-15(2)25-23(30)19-13-16(7-10-21(19)27-11-5-4-6-12-27)26-22(29)18-9-8-17(28(31)32)14-20(18)24/h7-10,13-15H,3-6,11-12H2,1-2H3,(H,25,30)(H,26,29)/t15-/m1/s1. The number of nitro benzene ring substituents is 1. The molecular weight excluding hydrogens is 432 g/mol. The molecule has 0 spiro atoms. The Morgan fingerprint density at radius 1 is 1.09 bits per heavy atom. The molecule has 0 saturated carbocycles. The fourth-order valence-corrected chi connectivity index (χ4v) is 3.87. The highest BCUT2D eigenvalue weighted by atomic mass is 35.5. The van der Waals surface area contributed by atoms with Crippen molar-refractivity contribution >= 4 is 40.5 Å². The number of amides is 2. The van der Waals surface area contributed by atoms with Crippen molar-refractivity contribution < 1.29 is 14.5 Å². The number of nitro groups is 1. The number of hydrogen-bond donors (Lipinski definition) is 2. The molecule has 1 aliphatic heterocycles. The van der Waals surface area contributed by atoms with Crippen molar-refractivity contribution in [2.75, 3.05) is 23.3 Å². The minimum absolute atomic E-state index is 0.0172. The number of nitrogens with one attached hydrogen (secondary N) is 2. The summed E-state index contributed by atoms with van der Waals surface area (Å²) in [5.41, 5.74) is 1.71. The zero-order valence-electron chi connectivity index (χ0n) is 18.2. The Bertz CT molecular complexity index is 1020. The van der Waals surface area contributed by atoms with E-state index in [9.17, 15) is 19.7 Å². The zero-order chi connectivity index (χ0) is 23.3. The highest BCUT2D eigenvalue weighted by molar-refractivity contribution is 6.34. The van der Waals surface area contributed by atoms with Gasteiger partial charge in [-0.1, -0.05) is 18.5 Å². The summed E-state index contributed by atoms with van der Waals surface area (Å²) in [4.78, 5) is 38.3. The Kier molecular flexibility index (Phi) is 7.69. The number of piperidine rings is 1. The van der Waals surface area contributed by atoms with E-state index >= 15 is 0 Å². The van der Waals surface area contributed by atoms with E-state index in [1.165, 1.54) is 18.6 Å². The number of carbonyl (C=O) groups is 2. The maximum Gasteiger partial charge on any atom is 0.270 e. The molecule has 2 aromatic carbocycles. The predicted molar refractivity (Wildman–Crippen MR) is 126 cm³/mol. The molecule has 0 radical (unpaired) electrons. The molecule has 8 nitrogen and oxygen atoms in total. The lowest BCUT2D eigenvalue weighted by molar-refractivity contribution is -0.384. The Morgan fingerprint density at radius 3 is 2.44 bits per heavy atom. The summed E-state index contributed by atoms with van der Waals surface area (Å²) in [6.07, 6.45) is 4.13. The third kappa shape index (κ3) is 5.56. The number of anilines is 2. The first-order valence-electron chi connectivity index (χ1n) is 10.7. The van der Waals surface area contributed by atoms with Gasteiger partial charge in [-0.2, -0.15) is 0 Å². The predicted octanol–water partition coefficient (Wildman–Crippen LogP) is 5.02. The van der Waals surface area contributed by atoms with Crippen molar-refractivity contribution in [2.45, 2.75) is 45.6 Å². The third-order valence-corrected chi connectivity index (χ3v) is 5.91. The largest absolute Gasteiger partial charge is 0.371 e. The average Bonchev–Trinajstić information content (AvgIpc) is 2.79. The van der Waals surface area contributed by atoms with Crippen LogP contribution in [-0.4, -0.2) is 35.9 Å². The van der Waals surface area contributed by atoms with Gasteiger partial charge in [0.15, 0.2) is 0 Å². The van der Waals surface area contributed by atoms with E-state index in [2.05, 4.69) is 15.5 Å². The van der Waals surface area contributed by atoms with E-state index in [0.717, 1.165) is 44.1 Å². The second-order valence-electron chi connectivity index (χ2n) is 7.94. The Labute approximate surface area is 192 Å². The van der Waals surface area contributed by atoms with Crippen LogP contribution in [0.1, 0.15) is 60.2 Å². The number of hydrogen-bond acceptors (Lipinski definition) is 5. The van der Waals surface area contributed by atoms with Crippen LogP contribution >= 0.6 is 11.6 Å². The van der Waals surface area contributed by atoms with Gasteiger partial charge in [0.1, 0.15) is 0 Å². The molecular formula is C23H27ClN4O4. The van der Waals surface area contributed by atoms with Crippen LogP contribution in [0.4, 0.5) is 17.1 Å². The first-order chi connectivity index (χ1) is 15.3. The molecule has 0 aromatic heterocycles. The van der Waals surface area contributed by atoms with Crippen molar-refractivity contribution in [1.29, 1.82) is 0 Å². The van der Waals surface area contributed by atoms with Crippen molar-refractivity contribution in [3.63, 3.8) is 0 Å². The van der Waals surface area contributed by atoms with Crippen LogP contribution in [0.5, 0.6) is 0 Å². The first kappa shape index (κ1) is 23.5. The van der Waals surface area contributed by atoms with Gasteiger partial charge >= 0.3 is 0 Å². The molecule has 2 aromatic rings. The average molecular weight is 459 g/mol. The molecule has 32 heavy (non-hydrogen) atoms. The fraction of sp³-hybridized carbons (Fsp3) is 0.391. The van der Waals surface area contributed by atoms with Gasteiger partial charge in [0.05, 0.1) is 21.1 Å². The molecule has 0 unspecified atom stereocenters. The van der Waals surface area contributed by atoms with Crippen LogP contribution < -0.4 is 15.5 Å². The second kappa shape index (κ2) is 10.5. The SMILES string of the molecule is CC[C@@H](C)NC(=O)c1cc(NC(=O)c2ccc([N+](=O)[O-])cc2Cl)ccc1N1CCCCC1. The molecule has 1 atom stereocenters. The lowest BCUT2D eigenvalue weighted by atomic mass is 10.0. The first-order valence-corrected chi connectivity index (χ1v) is 11.1. The number of rotatable bonds is 7. The van der Waals surface area contributed by atoms with Gasteiger partial charge in [-0.05, 0) is 56.9 Å². The molecule has 3 rings (SSSR count). The molecule has 1 heterocycles. The second-order valence-corrected chi connectivity index (χ2v) is 8.34. The number of benzene rings is 2. The van der Waals surface area contributed by atoms with Crippen LogP contribution in [-0.2, 0) is 0 Å². The van der Waals surface area contributed by atoms with Crippen molar-refractivity contribution in [2.24, 2.45) is 0 Å². The lowest BCUT2D eigenvalue weighted by Crippen LogP contribution is -2.35. The molecule has 0 aliphatic carbocycles.